The highest BCUT2D eigenvalue weighted by molar-refractivity contribution is 7.79. The molecule has 0 atom stereocenters. The number of carbonyl (C=O) groups excluding carboxylic acids is 1. The van der Waals surface area contributed by atoms with E-state index in [2.05, 4.69) is 12.6 Å². The smallest absolute Gasteiger partial charge is 0.260 e. The summed E-state index contributed by atoms with van der Waals surface area (Å²) in [4.78, 5) is 13.6. The monoisotopic (exact) mass is 267 g/mol. The van der Waals surface area contributed by atoms with E-state index in [4.69, 9.17) is 9.47 Å². The van der Waals surface area contributed by atoms with Crippen molar-refractivity contribution in [3.05, 3.63) is 29.8 Å². The minimum Gasteiger partial charge on any atom is -0.484 e. The second kappa shape index (κ2) is 6.66. The highest BCUT2D eigenvalue weighted by Crippen LogP contribution is 2.14. The van der Waals surface area contributed by atoms with Gasteiger partial charge in [0.1, 0.15) is 5.75 Å². The second-order valence-corrected chi connectivity index (χ2v) is 4.40. The van der Waals surface area contributed by atoms with Crippen LogP contribution >= 0.6 is 12.6 Å². The van der Waals surface area contributed by atoms with Crippen molar-refractivity contribution in [3.8, 4) is 5.75 Å². The Morgan fingerprint density at radius 3 is 2.89 bits per heavy atom. The van der Waals surface area contributed by atoms with Crippen molar-refractivity contribution in [2.24, 2.45) is 0 Å². The molecule has 98 valence electrons. The van der Waals surface area contributed by atoms with Gasteiger partial charge in [-0.05, 0) is 17.7 Å². The Kier molecular flexibility index (Phi) is 4.90. The lowest BCUT2D eigenvalue weighted by Crippen LogP contribution is -2.42. The van der Waals surface area contributed by atoms with Crippen LogP contribution in [-0.2, 0) is 15.3 Å². The molecule has 0 saturated carbocycles. The molecule has 0 aliphatic carbocycles. The van der Waals surface area contributed by atoms with Gasteiger partial charge in [-0.2, -0.15) is 12.6 Å². The van der Waals surface area contributed by atoms with Crippen LogP contribution in [0.15, 0.2) is 24.3 Å². The maximum absolute atomic E-state index is 11.9. The van der Waals surface area contributed by atoms with Crippen molar-refractivity contribution in [1.82, 2.24) is 4.90 Å². The molecule has 18 heavy (non-hydrogen) atoms. The number of ether oxygens (including phenoxy) is 2. The first-order valence-corrected chi connectivity index (χ1v) is 6.61. The molecule has 1 heterocycles. The second-order valence-electron chi connectivity index (χ2n) is 4.09. The maximum atomic E-state index is 11.9. The van der Waals surface area contributed by atoms with Gasteiger partial charge >= 0.3 is 0 Å². The number of carbonyl (C=O) groups is 1. The van der Waals surface area contributed by atoms with Gasteiger partial charge < -0.3 is 14.4 Å². The van der Waals surface area contributed by atoms with Gasteiger partial charge in [0.05, 0.1) is 13.2 Å². The first kappa shape index (κ1) is 13.2. The summed E-state index contributed by atoms with van der Waals surface area (Å²) in [6, 6.07) is 7.63. The number of hydrogen-bond acceptors (Lipinski definition) is 4. The first-order valence-electron chi connectivity index (χ1n) is 5.98. The Labute approximate surface area is 112 Å². The van der Waals surface area contributed by atoms with Crippen LogP contribution in [0.2, 0.25) is 0 Å². The van der Waals surface area contributed by atoms with Crippen LogP contribution < -0.4 is 4.74 Å². The Bertz CT molecular complexity index is 405. The van der Waals surface area contributed by atoms with Crippen LogP contribution in [0, 0.1) is 0 Å². The molecule has 0 unspecified atom stereocenters. The molecule has 1 saturated heterocycles. The number of hydrogen-bond donors (Lipinski definition) is 1. The highest BCUT2D eigenvalue weighted by Gasteiger charge is 2.16. The molecular formula is C13H17NO3S. The molecule has 2 rings (SSSR count). The predicted molar refractivity (Wildman–Crippen MR) is 72.0 cm³/mol. The Balaban J connectivity index is 1.84. The van der Waals surface area contributed by atoms with Crippen LogP contribution in [0.5, 0.6) is 5.75 Å². The number of rotatable bonds is 4. The summed E-state index contributed by atoms with van der Waals surface area (Å²) in [6.45, 7) is 2.61. The molecule has 0 radical (unpaired) electrons. The molecule has 1 aliphatic rings. The third kappa shape index (κ3) is 3.65. The Morgan fingerprint density at radius 2 is 2.17 bits per heavy atom. The summed E-state index contributed by atoms with van der Waals surface area (Å²) >= 11 is 4.20. The summed E-state index contributed by atoms with van der Waals surface area (Å²) in [6.07, 6.45) is 0. The first-order chi connectivity index (χ1) is 8.79. The van der Waals surface area contributed by atoms with Crippen LogP contribution in [0.4, 0.5) is 0 Å². The fourth-order valence-electron chi connectivity index (χ4n) is 1.78. The van der Waals surface area contributed by atoms with Gasteiger partial charge in [-0.1, -0.05) is 12.1 Å². The van der Waals surface area contributed by atoms with Crippen LogP contribution in [0.3, 0.4) is 0 Å². The normalized spacial score (nSPS) is 15.5. The van der Waals surface area contributed by atoms with Crippen molar-refractivity contribution < 1.29 is 14.3 Å². The highest BCUT2D eigenvalue weighted by atomic mass is 32.1. The molecule has 4 nitrogen and oxygen atoms in total. The molecule has 1 aliphatic heterocycles. The molecule has 0 bridgehead atoms. The lowest BCUT2D eigenvalue weighted by Gasteiger charge is -2.26. The average Bonchev–Trinajstić information content (AvgIpc) is 2.46. The largest absolute Gasteiger partial charge is 0.484 e. The van der Waals surface area contributed by atoms with Crippen molar-refractivity contribution in [1.29, 1.82) is 0 Å². The number of nitrogens with zero attached hydrogens (tertiary/aromatic N) is 1. The van der Waals surface area contributed by atoms with Crippen LogP contribution in [0.1, 0.15) is 5.56 Å². The zero-order valence-electron chi connectivity index (χ0n) is 10.2. The topological polar surface area (TPSA) is 38.8 Å². The lowest BCUT2D eigenvalue weighted by molar-refractivity contribution is -0.137. The molecule has 0 aromatic heterocycles. The van der Waals surface area contributed by atoms with E-state index in [-0.39, 0.29) is 12.5 Å². The minimum atomic E-state index is 0.00887. The van der Waals surface area contributed by atoms with Gasteiger partial charge in [-0.15, -0.1) is 0 Å². The SMILES string of the molecule is O=C(COc1cccc(CS)c1)N1CCOCC1. The van der Waals surface area contributed by atoms with Crippen molar-refractivity contribution >= 4 is 18.5 Å². The summed E-state index contributed by atoms with van der Waals surface area (Å²) in [5.41, 5.74) is 1.08. The van der Waals surface area contributed by atoms with E-state index in [1.165, 1.54) is 0 Å². The standard InChI is InChI=1S/C13H17NO3S/c15-13(14-4-6-16-7-5-14)9-17-12-3-1-2-11(8-12)10-18/h1-3,8,18H,4-7,9-10H2. The molecular weight excluding hydrogens is 250 g/mol. The van der Waals surface area contributed by atoms with E-state index in [0.29, 0.717) is 37.8 Å². The van der Waals surface area contributed by atoms with E-state index in [0.717, 1.165) is 5.56 Å². The van der Waals surface area contributed by atoms with Gasteiger partial charge in [0.2, 0.25) is 0 Å². The van der Waals surface area contributed by atoms with Gasteiger partial charge in [0.15, 0.2) is 6.61 Å². The van der Waals surface area contributed by atoms with E-state index < -0.39 is 0 Å². The summed E-state index contributed by atoms with van der Waals surface area (Å²) in [5.74, 6) is 1.38. The summed E-state index contributed by atoms with van der Waals surface area (Å²) in [7, 11) is 0. The van der Waals surface area contributed by atoms with Crippen LogP contribution in [0.25, 0.3) is 0 Å². The van der Waals surface area contributed by atoms with E-state index in [9.17, 15) is 4.79 Å². The Hall–Kier alpha value is -1.20. The Morgan fingerprint density at radius 1 is 1.39 bits per heavy atom. The van der Waals surface area contributed by atoms with E-state index in [1.807, 2.05) is 24.3 Å². The molecule has 1 aromatic carbocycles. The third-order valence-corrected chi connectivity index (χ3v) is 3.17. The van der Waals surface area contributed by atoms with E-state index in [1.54, 1.807) is 4.90 Å². The molecule has 1 amide bonds. The molecule has 0 spiro atoms. The van der Waals surface area contributed by atoms with E-state index >= 15 is 0 Å². The summed E-state index contributed by atoms with van der Waals surface area (Å²) < 4.78 is 10.7. The number of morpholine rings is 1. The number of amides is 1. The predicted octanol–water partition coefficient (Wildman–Crippen LogP) is 1.35. The van der Waals surface area contributed by atoms with Gasteiger partial charge in [0.25, 0.3) is 5.91 Å². The average molecular weight is 267 g/mol. The number of thiol groups is 1. The minimum absolute atomic E-state index is 0.00887. The molecule has 1 fully saturated rings. The van der Waals surface area contributed by atoms with Crippen LogP contribution in [-0.4, -0.2) is 43.7 Å². The zero-order chi connectivity index (χ0) is 12.8. The lowest BCUT2D eigenvalue weighted by atomic mass is 10.2. The molecule has 1 aromatic rings. The molecule has 5 heteroatoms. The quantitative estimate of drug-likeness (QED) is 0.837. The van der Waals surface area contributed by atoms with Gasteiger partial charge in [0, 0.05) is 18.8 Å². The summed E-state index contributed by atoms with van der Waals surface area (Å²) in [5, 5.41) is 0. The van der Waals surface area contributed by atoms with Gasteiger partial charge in [-0.3, -0.25) is 4.79 Å². The fourth-order valence-corrected chi connectivity index (χ4v) is 1.98. The fraction of sp³-hybridized carbons (Fsp3) is 0.462. The van der Waals surface area contributed by atoms with Crippen molar-refractivity contribution in [2.75, 3.05) is 32.9 Å². The molecule has 0 N–H and O–H groups in total. The van der Waals surface area contributed by atoms with Crippen molar-refractivity contribution in [3.63, 3.8) is 0 Å². The third-order valence-electron chi connectivity index (χ3n) is 2.81. The van der Waals surface area contributed by atoms with Gasteiger partial charge in [-0.25, -0.2) is 0 Å². The zero-order valence-corrected chi connectivity index (χ0v) is 11.1. The van der Waals surface area contributed by atoms with Crippen molar-refractivity contribution in [2.45, 2.75) is 5.75 Å². The maximum Gasteiger partial charge on any atom is 0.260 e. The number of benzene rings is 1.